The molecule has 112 valence electrons. The first-order valence-electron chi connectivity index (χ1n) is 5.89. The minimum Gasteiger partial charge on any atom is -0.320 e. The lowest BCUT2D eigenvalue weighted by atomic mass is 10.4. The van der Waals surface area contributed by atoms with Crippen LogP contribution in [0.25, 0.3) is 0 Å². The lowest BCUT2D eigenvalue weighted by molar-refractivity contribution is 0.563. The van der Waals surface area contributed by atoms with Crippen molar-refractivity contribution in [3.8, 4) is 11.8 Å². The van der Waals surface area contributed by atoms with Crippen LogP contribution in [0.5, 0.6) is 0 Å². The quantitative estimate of drug-likeness (QED) is 0.807. The van der Waals surface area contributed by atoms with Gasteiger partial charge in [-0.25, -0.2) is 13.1 Å². The number of thiophene rings is 1. The number of hydrogen-bond acceptors (Lipinski definition) is 5. The summed E-state index contributed by atoms with van der Waals surface area (Å²) >= 11 is 7.25. The molecule has 0 aromatic carbocycles. The maximum atomic E-state index is 12.2. The SMILES string of the molecule is Cn1ncc(Cl)c1S(=O)(=O)NCc1ccc(C#CCN)s1. The van der Waals surface area contributed by atoms with Gasteiger partial charge in [0, 0.05) is 18.5 Å². The van der Waals surface area contributed by atoms with Crippen LogP contribution in [0.2, 0.25) is 5.02 Å². The lowest BCUT2D eigenvalue weighted by Gasteiger charge is -2.06. The molecule has 0 bridgehead atoms. The van der Waals surface area contributed by atoms with Gasteiger partial charge in [0.1, 0.15) is 0 Å². The summed E-state index contributed by atoms with van der Waals surface area (Å²) in [6, 6.07) is 3.65. The Balaban J connectivity index is 2.11. The number of sulfonamides is 1. The van der Waals surface area contributed by atoms with Crippen molar-refractivity contribution in [2.24, 2.45) is 12.8 Å². The molecule has 0 radical (unpaired) electrons. The molecule has 2 heterocycles. The number of nitrogens with one attached hydrogen (secondary N) is 1. The van der Waals surface area contributed by atoms with Crippen LogP contribution >= 0.6 is 22.9 Å². The first-order valence-corrected chi connectivity index (χ1v) is 8.56. The molecule has 0 amide bonds. The highest BCUT2D eigenvalue weighted by atomic mass is 35.5. The Kier molecular flexibility index (Phi) is 5.03. The normalized spacial score (nSPS) is 11.2. The van der Waals surface area contributed by atoms with Crippen LogP contribution in [0.4, 0.5) is 0 Å². The number of nitrogens with zero attached hydrogens (tertiary/aromatic N) is 2. The summed E-state index contributed by atoms with van der Waals surface area (Å²) in [5.74, 6) is 5.65. The molecule has 6 nitrogen and oxygen atoms in total. The monoisotopic (exact) mass is 344 g/mol. The second kappa shape index (κ2) is 6.60. The second-order valence-corrected chi connectivity index (χ2v) is 7.28. The lowest BCUT2D eigenvalue weighted by Crippen LogP contribution is -2.25. The van der Waals surface area contributed by atoms with Crippen molar-refractivity contribution >= 4 is 33.0 Å². The van der Waals surface area contributed by atoms with E-state index in [1.165, 1.54) is 29.3 Å². The van der Waals surface area contributed by atoms with Crippen LogP contribution in [0, 0.1) is 11.8 Å². The number of hydrogen-bond donors (Lipinski definition) is 2. The van der Waals surface area contributed by atoms with Gasteiger partial charge in [-0.2, -0.15) is 5.10 Å². The van der Waals surface area contributed by atoms with Crippen LogP contribution in [-0.4, -0.2) is 24.7 Å². The molecule has 2 aromatic rings. The number of aryl methyl sites for hydroxylation is 1. The second-order valence-electron chi connectivity index (χ2n) is 4.02. The molecule has 3 N–H and O–H groups in total. The Labute approximate surface area is 132 Å². The highest BCUT2D eigenvalue weighted by Gasteiger charge is 2.22. The summed E-state index contributed by atoms with van der Waals surface area (Å²) in [7, 11) is -2.20. The molecule has 0 saturated heterocycles. The van der Waals surface area contributed by atoms with Gasteiger partial charge in [-0.05, 0) is 12.1 Å². The van der Waals surface area contributed by atoms with Gasteiger partial charge in [0.05, 0.1) is 22.6 Å². The maximum Gasteiger partial charge on any atom is 0.259 e. The molecule has 2 aromatic heterocycles. The summed E-state index contributed by atoms with van der Waals surface area (Å²) in [5, 5.41) is 3.85. The van der Waals surface area contributed by atoms with Crippen LogP contribution in [0.3, 0.4) is 0 Å². The molecule has 0 aliphatic carbocycles. The van der Waals surface area contributed by atoms with Crippen molar-refractivity contribution in [2.45, 2.75) is 11.6 Å². The molecule has 9 heteroatoms. The molecular weight excluding hydrogens is 332 g/mol. The van der Waals surface area contributed by atoms with Crippen molar-refractivity contribution < 1.29 is 8.42 Å². The van der Waals surface area contributed by atoms with E-state index in [1.807, 2.05) is 12.1 Å². The Morgan fingerprint density at radius 2 is 2.29 bits per heavy atom. The Bertz CT molecular complexity index is 779. The van der Waals surface area contributed by atoms with Crippen molar-refractivity contribution in [1.29, 1.82) is 0 Å². The topological polar surface area (TPSA) is 90.0 Å². The fourth-order valence-corrected chi connectivity index (χ4v) is 4.19. The van der Waals surface area contributed by atoms with E-state index in [2.05, 4.69) is 21.7 Å². The summed E-state index contributed by atoms with van der Waals surface area (Å²) in [4.78, 5) is 1.69. The van der Waals surface area contributed by atoms with Crippen LogP contribution in [-0.2, 0) is 23.6 Å². The van der Waals surface area contributed by atoms with E-state index in [9.17, 15) is 8.42 Å². The summed E-state index contributed by atoms with van der Waals surface area (Å²) < 4.78 is 28.1. The van der Waals surface area contributed by atoms with E-state index in [0.717, 1.165) is 9.75 Å². The molecule has 0 atom stereocenters. The van der Waals surface area contributed by atoms with E-state index in [4.69, 9.17) is 17.3 Å². The van der Waals surface area contributed by atoms with Crippen molar-refractivity contribution in [3.05, 3.63) is 33.1 Å². The van der Waals surface area contributed by atoms with Gasteiger partial charge in [-0.15, -0.1) is 11.3 Å². The summed E-state index contributed by atoms with van der Waals surface area (Å²) in [6.45, 7) is 0.456. The molecule has 0 aliphatic heterocycles. The molecule has 0 saturated carbocycles. The number of rotatable bonds is 4. The average Bonchev–Trinajstić information content (AvgIpc) is 3.01. The highest BCUT2D eigenvalue weighted by molar-refractivity contribution is 7.89. The number of nitrogens with two attached hydrogens (primary N) is 1. The maximum absolute atomic E-state index is 12.2. The Morgan fingerprint density at radius 1 is 1.52 bits per heavy atom. The Morgan fingerprint density at radius 3 is 2.90 bits per heavy atom. The molecule has 0 fully saturated rings. The average molecular weight is 345 g/mol. The van der Waals surface area contributed by atoms with E-state index in [0.29, 0.717) is 6.54 Å². The predicted molar refractivity (Wildman–Crippen MR) is 82.5 cm³/mol. The molecule has 0 spiro atoms. The third kappa shape index (κ3) is 3.84. The third-order valence-corrected chi connectivity index (χ3v) is 5.42. The molecule has 0 unspecified atom stereocenters. The smallest absolute Gasteiger partial charge is 0.259 e. The van der Waals surface area contributed by atoms with Crippen molar-refractivity contribution in [3.63, 3.8) is 0 Å². The standard InChI is InChI=1S/C12H13ClN4O2S2/c1-17-12(11(13)8-15-17)21(18,19)16-7-10-5-4-9(20-10)3-2-6-14/h4-5,8,16H,6-7,14H2,1H3. The highest BCUT2D eigenvalue weighted by Crippen LogP contribution is 2.21. The number of halogens is 1. The van der Waals surface area contributed by atoms with Gasteiger partial charge < -0.3 is 5.73 Å². The minimum absolute atomic E-state index is 0.0520. The van der Waals surface area contributed by atoms with E-state index < -0.39 is 10.0 Å². The van der Waals surface area contributed by atoms with Crippen molar-refractivity contribution in [1.82, 2.24) is 14.5 Å². The van der Waals surface area contributed by atoms with Gasteiger partial charge in [0.15, 0.2) is 5.03 Å². The molecular formula is C12H13ClN4O2S2. The van der Waals surface area contributed by atoms with E-state index >= 15 is 0 Å². The third-order valence-electron chi connectivity index (χ3n) is 2.51. The fraction of sp³-hybridized carbons (Fsp3) is 0.250. The van der Waals surface area contributed by atoms with Gasteiger partial charge in [0.2, 0.25) is 0 Å². The van der Waals surface area contributed by atoms with Crippen molar-refractivity contribution in [2.75, 3.05) is 6.54 Å². The fourth-order valence-electron chi connectivity index (χ4n) is 1.61. The van der Waals surface area contributed by atoms with E-state index in [-0.39, 0.29) is 16.6 Å². The zero-order chi connectivity index (χ0) is 15.5. The van der Waals surface area contributed by atoms with Crippen LogP contribution in [0.15, 0.2) is 23.4 Å². The first-order chi connectivity index (χ1) is 9.94. The largest absolute Gasteiger partial charge is 0.320 e. The zero-order valence-corrected chi connectivity index (χ0v) is 13.5. The van der Waals surface area contributed by atoms with Gasteiger partial charge in [-0.1, -0.05) is 23.4 Å². The zero-order valence-electron chi connectivity index (χ0n) is 11.1. The summed E-state index contributed by atoms with van der Waals surface area (Å²) in [6.07, 6.45) is 1.29. The Hall–Kier alpha value is -1.37. The van der Waals surface area contributed by atoms with Gasteiger partial charge in [-0.3, -0.25) is 4.68 Å². The van der Waals surface area contributed by atoms with E-state index in [1.54, 1.807) is 0 Å². The molecule has 21 heavy (non-hydrogen) atoms. The number of aromatic nitrogens is 2. The van der Waals surface area contributed by atoms with Crippen LogP contribution in [0.1, 0.15) is 9.75 Å². The molecule has 2 rings (SSSR count). The first kappa shape index (κ1) is 16.0. The van der Waals surface area contributed by atoms with Crippen LogP contribution < -0.4 is 10.5 Å². The predicted octanol–water partition coefficient (Wildman–Crippen LogP) is 0.924. The molecule has 0 aliphatic rings. The summed E-state index contributed by atoms with van der Waals surface area (Å²) in [5.41, 5.74) is 5.30. The minimum atomic E-state index is -3.72. The van der Waals surface area contributed by atoms with Gasteiger partial charge >= 0.3 is 0 Å². The van der Waals surface area contributed by atoms with Gasteiger partial charge in [0.25, 0.3) is 10.0 Å².